The molecule has 0 heterocycles. The van der Waals surface area contributed by atoms with Crippen LogP contribution in [0.4, 0.5) is 4.79 Å². The molecule has 3 N–H and O–H groups in total. The highest BCUT2D eigenvalue weighted by molar-refractivity contribution is 6.31. The molecule has 0 aliphatic heterocycles. The van der Waals surface area contributed by atoms with Gasteiger partial charge in [-0.1, -0.05) is 48.0 Å². The molecule has 0 spiro atoms. The van der Waals surface area contributed by atoms with Crippen molar-refractivity contribution in [3.63, 3.8) is 0 Å². The maximum Gasteiger partial charge on any atom is 0.315 e. The third kappa shape index (κ3) is 4.40. The predicted octanol–water partition coefficient (Wildman–Crippen LogP) is 3.12. The van der Waals surface area contributed by atoms with Crippen molar-refractivity contribution < 1.29 is 14.6 Å². The van der Waals surface area contributed by atoms with E-state index in [2.05, 4.69) is 10.6 Å². The number of rotatable bonds is 6. The van der Waals surface area contributed by atoms with Crippen LogP contribution >= 0.6 is 11.6 Å². The highest BCUT2D eigenvalue weighted by Gasteiger charge is 2.22. The fourth-order valence-corrected chi connectivity index (χ4v) is 2.62. The van der Waals surface area contributed by atoms with E-state index in [1.165, 1.54) is 0 Å². The van der Waals surface area contributed by atoms with Crippen molar-refractivity contribution in [3.05, 3.63) is 64.7 Å². The minimum atomic E-state index is -0.485. The van der Waals surface area contributed by atoms with Crippen molar-refractivity contribution in [1.29, 1.82) is 0 Å². The highest BCUT2D eigenvalue weighted by Crippen LogP contribution is 2.33. The van der Waals surface area contributed by atoms with E-state index in [0.717, 1.165) is 11.1 Å². The number of hydrogen-bond acceptors (Lipinski definition) is 3. The Morgan fingerprint density at radius 3 is 2.38 bits per heavy atom. The normalized spacial score (nSPS) is 13.0. The molecular weight excluding hydrogens is 328 g/mol. The van der Waals surface area contributed by atoms with Crippen molar-refractivity contribution in [2.24, 2.45) is 0 Å². The summed E-state index contributed by atoms with van der Waals surface area (Å²) < 4.78 is 5.42. The van der Waals surface area contributed by atoms with Gasteiger partial charge in [-0.2, -0.15) is 0 Å². The number of urea groups is 1. The zero-order chi connectivity index (χ0) is 17.5. The Kier molecular flexibility index (Phi) is 6.46. The molecule has 0 radical (unpaired) electrons. The summed E-state index contributed by atoms with van der Waals surface area (Å²) in [6, 6.07) is 13.5. The number of para-hydroxylation sites is 1. The van der Waals surface area contributed by atoms with E-state index in [-0.39, 0.29) is 12.6 Å². The van der Waals surface area contributed by atoms with Gasteiger partial charge in [0.2, 0.25) is 0 Å². The van der Waals surface area contributed by atoms with Crippen LogP contribution in [0.1, 0.15) is 24.1 Å². The van der Waals surface area contributed by atoms with E-state index in [4.69, 9.17) is 21.4 Å². The van der Waals surface area contributed by atoms with Gasteiger partial charge in [0.25, 0.3) is 0 Å². The number of carbonyl (C=O) groups is 1. The molecule has 128 valence electrons. The third-order valence-corrected chi connectivity index (χ3v) is 3.94. The molecule has 2 atom stereocenters. The van der Waals surface area contributed by atoms with E-state index in [1.807, 2.05) is 42.5 Å². The van der Waals surface area contributed by atoms with E-state index in [9.17, 15) is 4.79 Å². The van der Waals surface area contributed by atoms with Crippen molar-refractivity contribution in [3.8, 4) is 5.75 Å². The first kappa shape index (κ1) is 18.1. The summed E-state index contributed by atoms with van der Waals surface area (Å²) in [5.74, 6) is 0.651. The molecule has 24 heavy (non-hydrogen) atoms. The molecule has 0 saturated heterocycles. The summed E-state index contributed by atoms with van der Waals surface area (Å²) in [4.78, 5) is 12.3. The summed E-state index contributed by atoms with van der Waals surface area (Å²) in [7, 11) is 1.58. The molecule has 0 aliphatic rings. The van der Waals surface area contributed by atoms with Crippen LogP contribution in [0.15, 0.2) is 48.5 Å². The molecule has 6 heteroatoms. The number of benzene rings is 2. The maximum absolute atomic E-state index is 12.3. The molecule has 2 aromatic rings. The van der Waals surface area contributed by atoms with Crippen LogP contribution in [0, 0.1) is 0 Å². The van der Waals surface area contributed by atoms with Crippen LogP contribution in [0.5, 0.6) is 5.75 Å². The van der Waals surface area contributed by atoms with Crippen LogP contribution in [-0.4, -0.2) is 30.9 Å². The van der Waals surface area contributed by atoms with Crippen LogP contribution in [0.3, 0.4) is 0 Å². The lowest BCUT2D eigenvalue weighted by Crippen LogP contribution is -2.44. The minimum absolute atomic E-state index is 0.140. The quantitative estimate of drug-likeness (QED) is 0.751. The third-order valence-electron chi connectivity index (χ3n) is 3.59. The Labute approximate surface area is 146 Å². The molecule has 0 unspecified atom stereocenters. The van der Waals surface area contributed by atoms with Crippen LogP contribution in [0.2, 0.25) is 5.02 Å². The number of hydrogen-bond donors (Lipinski definition) is 3. The second kappa shape index (κ2) is 8.57. The first-order chi connectivity index (χ1) is 11.6. The van der Waals surface area contributed by atoms with Crippen molar-refractivity contribution in [1.82, 2.24) is 10.6 Å². The minimum Gasteiger partial charge on any atom is -0.496 e. The molecule has 2 rings (SSSR count). The second-order valence-corrected chi connectivity index (χ2v) is 5.81. The number of carbonyl (C=O) groups excluding carboxylic acids is 1. The van der Waals surface area contributed by atoms with Crippen molar-refractivity contribution >= 4 is 17.6 Å². The number of amides is 2. The Hall–Kier alpha value is -2.24. The van der Waals surface area contributed by atoms with E-state index >= 15 is 0 Å². The van der Waals surface area contributed by atoms with Gasteiger partial charge in [-0.25, -0.2) is 4.79 Å². The number of halogens is 1. The van der Waals surface area contributed by atoms with Gasteiger partial charge < -0.3 is 20.5 Å². The zero-order valence-electron chi connectivity index (χ0n) is 13.6. The predicted molar refractivity (Wildman–Crippen MR) is 94.5 cm³/mol. The monoisotopic (exact) mass is 348 g/mol. The van der Waals surface area contributed by atoms with E-state index in [0.29, 0.717) is 10.8 Å². The Bertz CT molecular complexity index is 693. The molecular formula is C18H21ClN2O3. The van der Waals surface area contributed by atoms with Crippen molar-refractivity contribution in [2.75, 3.05) is 13.7 Å². The molecule has 0 aromatic heterocycles. The molecule has 2 aromatic carbocycles. The van der Waals surface area contributed by atoms with Gasteiger partial charge in [0.05, 0.1) is 25.8 Å². The SMILES string of the molecule is COc1ccccc1[C@H](NC(=O)N[C@@H](C)CO)c1ccccc1Cl. The largest absolute Gasteiger partial charge is 0.496 e. The fourth-order valence-electron chi connectivity index (χ4n) is 2.38. The van der Waals surface area contributed by atoms with Gasteiger partial charge in [0.15, 0.2) is 0 Å². The lowest BCUT2D eigenvalue weighted by Gasteiger charge is -2.24. The zero-order valence-corrected chi connectivity index (χ0v) is 14.4. The van der Waals surface area contributed by atoms with Crippen LogP contribution in [-0.2, 0) is 0 Å². The molecule has 5 nitrogen and oxygen atoms in total. The summed E-state index contributed by atoms with van der Waals surface area (Å²) in [6.07, 6.45) is 0. The van der Waals surface area contributed by atoms with Gasteiger partial charge in [-0.3, -0.25) is 0 Å². The molecule has 0 aliphatic carbocycles. The standard InChI is InChI=1S/C18H21ClN2O3/c1-12(11-22)20-18(23)21-17(13-7-3-5-9-15(13)19)14-8-4-6-10-16(14)24-2/h3-10,12,17,22H,11H2,1-2H3,(H2,20,21,23)/t12-,17+/m0/s1. The average molecular weight is 349 g/mol. The lowest BCUT2D eigenvalue weighted by atomic mass is 9.97. The second-order valence-electron chi connectivity index (χ2n) is 5.40. The van der Waals surface area contributed by atoms with Crippen LogP contribution in [0.25, 0.3) is 0 Å². The number of nitrogens with one attached hydrogen (secondary N) is 2. The van der Waals surface area contributed by atoms with Gasteiger partial charge in [0.1, 0.15) is 5.75 Å². The van der Waals surface area contributed by atoms with Crippen LogP contribution < -0.4 is 15.4 Å². The van der Waals surface area contributed by atoms with Crippen molar-refractivity contribution in [2.45, 2.75) is 19.0 Å². The Morgan fingerprint density at radius 1 is 1.12 bits per heavy atom. The first-order valence-corrected chi connectivity index (χ1v) is 7.99. The fraction of sp³-hybridized carbons (Fsp3) is 0.278. The van der Waals surface area contributed by atoms with E-state index < -0.39 is 12.1 Å². The Balaban J connectivity index is 2.39. The van der Waals surface area contributed by atoms with Gasteiger partial charge in [-0.15, -0.1) is 0 Å². The summed E-state index contributed by atoms with van der Waals surface area (Å²) in [5.41, 5.74) is 1.55. The smallest absolute Gasteiger partial charge is 0.315 e. The number of methoxy groups -OCH3 is 1. The topological polar surface area (TPSA) is 70.6 Å². The highest BCUT2D eigenvalue weighted by atomic mass is 35.5. The summed E-state index contributed by atoms with van der Waals surface area (Å²) in [5, 5.41) is 15.2. The summed E-state index contributed by atoms with van der Waals surface area (Å²) in [6.45, 7) is 1.58. The molecule has 0 saturated carbocycles. The van der Waals surface area contributed by atoms with E-state index in [1.54, 1.807) is 20.1 Å². The maximum atomic E-state index is 12.3. The number of aliphatic hydroxyl groups excluding tert-OH is 1. The average Bonchev–Trinajstić information content (AvgIpc) is 2.60. The molecule has 2 amide bonds. The number of ether oxygens (including phenoxy) is 1. The molecule has 0 fully saturated rings. The van der Waals surface area contributed by atoms with Gasteiger partial charge >= 0.3 is 6.03 Å². The lowest BCUT2D eigenvalue weighted by molar-refractivity contribution is 0.218. The molecule has 0 bridgehead atoms. The Morgan fingerprint density at radius 2 is 1.75 bits per heavy atom. The summed E-state index contributed by atoms with van der Waals surface area (Å²) >= 11 is 6.33. The van der Waals surface area contributed by atoms with Gasteiger partial charge in [-0.05, 0) is 24.6 Å². The van der Waals surface area contributed by atoms with Gasteiger partial charge in [0, 0.05) is 10.6 Å². The number of aliphatic hydroxyl groups is 1. The first-order valence-electron chi connectivity index (χ1n) is 7.62.